The van der Waals surface area contributed by atoms with E-state index >= 15 is 0 Å². The first-order valence-electron chi connectivity index (χ1n) is 3.21. The third-order valence-corrected chi connectivity index (χ3v) is 1.95. The Balaban J connectivity index is 0. The number of nitrogens with two attached hydrogens (primary N) is 1. The van der Waals surface area contributed by atoms with Crippen LogP contribution in [-0.4, -0.2) is 23.2 Å². The third kappa shape index (κ3) is 2.84. The number of rotatable bonds is 1. The molecule has 1 fully saturated rings. The lowest BCUT2D eigenvalue weighted by Crippen LogP contribution is -2.26. The lowest BCUT2D eigenvalue weighted by Gasteiger charge is -2.09. The monoisotopic (exact) mass is 169 g/mol. The fourth-order valence-electron chi connectivity index (χ4n) is 1.29. The van der Waals surface area contributed by atoms with Crippen molar-refractivity contribution in [2.75, 3.05) is 6.61 Å². The first-order chi connectivity index (χ1) is 3.84. The van der Waals surface area contributed by atoms with Gasteiger partial charge in [-0.2, -0.15) is 0 Å². The van der Waals surface area contributed by atoms with Crippen LogP contribution in [0, 0.1) is 5.92 Å². The summed E-state index contributed by atoms with van der Waals surface area (Å²) in [5, 5.41) is 8.66. The molecule has 64 valence electrons. The molecule has 0 aromatic carbocycles. The highest BCUT2D eigenvalue weighted by molar-refractivity contribution is 5.85. The highest BCUT2D eigenvalue weighted by Gasteiger charge is 2.22. The molecule has 0 unspecified atom stereocenters. The van der Waals surface area contributed by atoms with E-state index in [0.29, 0.717) is 5.92 Å². The first-order valence-corrected chi connectivity index (χ1v) is 3.21. The van der Waals surface area contributed by atoms with Gasteiger partial charge in [-0.05, 0) is 18.8 Å². The second kappa shape index (κ2) is 5.92. The zero-order valence-corrected chi connectivity index (χ0v) is 6.73. The molecule has 0 heterocycles. The van der Waals surface area contributed by atoms with Crippen LogP contribution in [0.15, 0.2) is 0 Å². The van der Waals surface area contributed by atoms with Gasteiger partial charge in [-0.3, -0.25) is 0 Å². The molecule has 0 bridgehead atoms. The largest absolute Gasteiger partial charge is 0.412 e. The van der Waals surface area contributed by atoms with Crippen molar-refractivity contribution >= 4 is 12.4 Å². The zero-order chi connectivity index (χ0) is 5.98. The summed E-state index contributed by atoms with van der Waals surface area (Å²) in [6, 6.07) is 0.278. The van der Waals surface area contributed by atoms with Gasteiger partial charge in [0.1, 0.15) is 0 Å². The molecule has 0 spiro atoms. The Morgan fingerprint density at radius 3 is 2.20 bits per heavy atom. The van der Waals surface area contributed by atoms with E-state index in [9.17, 15) is 0 Å². The van der Waals surface area contributed by atoms with Crippen LogP contribution in [0.4, 0.5) is 0 Å². The van der Waals surface area contributed by atoms with Crippen molar-refractivity contribution < 1.29 is 10.6 Å². The van der Waals surface area contributed by atoms with E-state index < -0.39 is 0 Å². The third-order valence-electron chi connectivity index (χ3n) is 1.95. The quantitative estimate of drug-likeness (QED) is 0.566. The molecule has 1 aliphatic carbocycles. The molecule has 0 aliphatic heterocycles. The van der Waals surface area contributed by atoms with Crippen molar-refractivity contribution in [2.24, 2.45) is 11.7 Å². The molecule has 1 aliphatic rings. The van der Waals surface area contributed by atoms with Crippen LogP contribution < -0.4 is 5.73 Å². The van der Waals surface area contributed by atoms with Gasteiger partial charge in [0.2, 0.25) is 0 Å². The topological polar surface area (TPSA) is 77.8 Å². The van der Waals surface area contributed by atoms with Gasteiger partial charge in [-0.15, -0.1) is 12.4 Å². The number of aliphatic hydroxyl groups excluding tert-OH is 1. The molecule has 0 aromatic rings. The molecular formula is C6H16ClNO2. The predicted octanol–water partition coefficient (Wildman–Crippen LogP) is -0.297. The van der Waals surface area contributed by atoms with Crippen LogP contribution in [0.3, 0.4) is 0 Å². The molecule has 4 heteroatoms. The number of aliphatic hydroxyl groups is 1. The summed E-state index contributed by atoms with van der Waals surface area (Å²) in [4.78, 5) is 0. The second-order valence-electron chi connectivity index (χ2n) is 2.54. The number of hydrogen-bond acceptors (Lipinski definition) is 2. The van der Waals surface area contributed by atoms with Crippen molar-refractivity contribution in [1.82, 2.24) is 0 Å². The Kier molecular flexibility index (Phi) is 7.58. The van der Waals surface area contributed by atoms with Gasteiger partial charge >= 0.3 is 0 Å². The van der Waals surface area contributed by atoms with Crippen molar-refractivity contribution in [3.05, 3.63) is 0 Å². The minimum Gasteiger partial charge on any atom is -0.412 e. The molecule has 0 saturated heterocycles. The van der Waals surface area contributed by atoms with Crippen LogP contribution in [0.25, 0.3) is 0 Å². The Morgan fingerprint density at radius 1 is 1.40 bits per heavy atom. The van der Waals surface area contributed by atoms with Crippen molar-refractivity contribution in [2.45, 2.75) is 25.3 Å². The molecular weight excluding hydrogens is 154 g/mol. The van der Waals surface area contributed by atoms with Crippen LogP contribution in [-0.2, 0) is 0 Å². The Bertz CT molecular complexity index is 82.1. The second-order valence-corrected chi connectivity index (χ2v) is 2.54. The van der Waals surface area contributed by atoms with Crippen molar-refractivity contribution in [3.8, 4) is 0 Å². The van der Waals surface area contributed by atoms with E-state index in [0.717, 1.165) is 12.8 Å². The summed E-state index contributed by atoms with van der Waals surface area (Å²) < 4.78 is 0. The van der Waals surface area contributed by atoms with Crippen molar-refractivity contribution in [1.29, 1.82) is 0 Å². The SMILES string of the molecule is Cl.N[C@H]1CCC[C@H]1CO.O. The zero-order valence-electron chi connectivity index (χ0n) is 5.92. The molecule has 2 atom stereocenters. The van der Waals surface area contributed by atoms with Gasteiger partial charge in [-0.1, -0.05) is 6.42 Å². The summed E-state index contributed by atoms with van der Waals surface area (Å²) >= 11 is 0. The average Bonchev–Trinajstić information content (AvgIpc) is 2.14. The molecule has 10 heavy (non-hydrogen) atoms. The van der Waals surface area contributed by atoms with Crippen LogP contribution in [0.1, 0.15) is 19.3 Å². The highest BCUT2D eigenvalue weighted by Crippen LogP contribution is 2.22. The number of halogens is 1. The van der Waals surface area contributed by atoms with Gasteiger partial charge in [-0.25, -0.2) is 0 Å². The van der Waals surface area contributed by atoms with E-state index in [1.54, 1.807) is 0 Å². The van der Waals surface area contributed by atoms with E-state index in [1.807, 2.05) is 0 Å². The first kappa shape index (κ1) is 12.8. The summed E-state index contributed by atoms with van der Waals surface area (Å²) in [6.07, 6.45) is 3.43. The van der Waals surface area contributed by atoms with Crippen LogP contribution >= 0.6 is 12.4 Å². The van der Waals surface area contributed by atoms with E-state index in [-0.39, 0.29) is 30.5 Å². The summed E-state index contributed by atoms with van der Waals surface area (Å²) in [5.41, 5.74) is 5.63. The molecule has 0 aromatic heterocycles. The van der Waals surface area contributed by atoms with Crippen molar-refractivity contribution in [3.63, 3.8) is 0 Å². The summed E-state index contributed by atoms with van der Waals surface area (Å²) in [6.45, 7) is 0.279. The minimum atomic E-state index is 0. The molecule has 1 saturated carbocycles. The van der Waals surface area contributed by atoms with E-state index in [2.05, 4.69) is 0 Å². The molecule has 0 radical (unpaired) electrons. The minimum absolute atomic E-state index is 0. The van der Waals surface area contributed by atoms with Gasteiger partial charge in [0.15, 0.2) is 0 Å². The van der Waals surface area contributed by atoms with Crippen LogP contribution in [0.5, 0.6) is 0 Å². The summed E-state index contributed by atoms with van der Waals surface area (Å²) in [5.74, 6) is 0.398. The molecule has 3 nitrogen and oxygen atoms in total. The maximum absolute atomic E-state index is 8.66. The van der Waals surface area contributed by atoms with Gasteiger partial charge in [0.25, 0.3) is 0 Å². The van der Waals surface area contributed by atoms with Gasteiger partial charge in [0, 0.05) is 12.6 Å². The summed E-state index contributed by atoms with van der Waals surface area (Å²) in [7, 11) is 0. The van der Waals surface area contributed by atoms with E-state index in [4.69, 9.17) is 10.8 Å². The van der Waals surface area contributed by atoms with E-state index in [1.165, 1.54) is 6.42 Å². The average molecular weight is 170 g/mol. The maximum Gasteiger partial charge on any atom is 0.0474 e. The maximum atomic E-state index is 8.66. The lowest BCUT2D eigenvalue weighted by molar-refractivity contribution is 0.218. The number of hydrogen-bond donors (Lipinski definition) is 2. The highest BCUT2D eigenvalue weighted by atomic mass is 35.5. The van der Waals surface area contributed by atoms with Gasteiger partial charge < -0.3 is 16.3 Å². The Morgan fingerprint density at radius 2 is 2.00 bits per heavy atom. The smallest absolute Gasteiger partial charge is 0.0474 e. The van der Waals surface area contributed by atoms with Gasteiger partial charge in [0.05, 0.1) is 0 Å². The fourth-order valence-corrected chi connectivity index (χ4v) is 1.29. The normalized spacial score (nSPS) is 30.6. The lowest BCUT2D eigenvalue weighted by atomic mass is 10.1. The molecule has 5 N–H and O–H groups in total. The Hall–Kier alpha value is 0.170. The molecule has 0 amide bonds. The fraction of sp³-hybridized carbons (Fsp3) is 1.00. The van der Waals surface area contributed by atoms with Crippen LogP contribution in [0.2, 0.25) is 0 Å². The molecule has 1 rings (SSSR count). The predicted molar refractivity (Wildman–Crippen MR) is 43.3 cm³/mol. The Labute approximate surface area is 67.3 Å². The standard InChI is InChI=1S/C6H13NO.ClH.H2O/c7-6-3-1-2-5(6)4-8;;/h5-6,8H,1-4,7H2;1H;1H2/t5-,6-;;/m0../s1.